The topological polar surface area (TPSA) is 49.2 Å². The second-order valence-electron chi connectivity index (χ2n) is 6.49. The zero-order valence-corrected chi connectivity index (χ0v) is 11.8. The van der Waals surface area contributed by atoms with Crippen LogP contribution in [0.1, 0.15) is 51.1 Å². The molecule has 2 heterocycles. The van der Waals surface area contributed by atoms with Crippen LogP contribution in [0.3, 0.4) is 0 Å². The lowest BCUT2D eigenvalue weighted by molar-refractivity contribution is 0.00645. The maximum atomic E-state index is 10.1. The molecule has 4 heteroatoms. The third kappa shape index (κ3) is 2.89. The molecule has 0 radical (unpaired) electrons. The Labute approximate surface area is 114 Å². The largest absolute Gasteiger partial charge is 0.390 e. The quantitative estimate of drug-likeness (QED) is 0.907. The number of aromatic nitrogens is 2. The van der Waals surface area contributed by atoms with Gasteiger partial charge >= 0.3 is 0 Å². The summed E-state index contributed by atoms with van der Waals surface area (Å²) in [5.41, 5.74) is 0.645. The molecule has 0 amide bonds. The van der Waals surface area contributed by atoms with Crippen LogP contribution in [0.25, 0.3) is 0 Å². The summed E-state index contributed by atoms with van der Waals surface area (Å²) in [4.78, 5) is 11.1. The van der Waals surface area contributed by atoms with E-state index < -0.39 is 5.60 Å². The minimum Gasteiger partial charge on any atom is -0.390 e. The van der Waals surface area contributed by atoms with Gasteiger partial charge in [-0.1, -0.05) is 0 Å². The third-order valence-electron chi connectivity index (χ3n) is 4.49. The van der Waals surface area contributed by atoms with Crippen molar-refractivity contribution in [2.75, 3.05) is 18.0 Å². The van der Waals surface area contributed by atoms with E-state index in [1.54, 1.807) is 6.33 Å². The van der Waals surface area contributed by atoms with Gasteiger partial charge in [0.05, 0.1) is 5.60 Å². The molecule has 0 spiro atoms. The third-order valence-corrected chi connectivity index (χ3v) is 4.49. The molecule has 0 atom stereocenters. The van der Waals surface area contributed by atoms with E-state index in [4.69, 9.17) is 0 Å². The zero-order valence-electron chi connectivity index (χ0n) is 11.8. The number of aliphatic hydroxyl groups is 1. The molecule has 2 fully saturated rings. The van der Waals surface area contributed by atoms with Crippen LogP contribution >= 0.6 is 0 Å². The highest BCUT2D eigenvalue weighted by atomic mass is 16.3. The van der Waals surface area contributed by atoms with Gasteiger partial charge in [0.25, 0.3) is 0 Å². The predicted molar refractivity (Wildman–Crippen MR) is 75.2 cm³/mol. The van der Waals surface area contributed by atoms with Crippen molar-refractivity contribution in [3.63, 3.8) is 0 Å². The van der Waals surface area contributed by atoms with Crippen molar-refractivity contribution in [1.29, 1.82) is 0 Å². The van der Waals surface area contributed by atoms with Gasteiger partial charge < -0.3 is 10.0 Å². The molecule has 1 N–H and O–H groups in total. The molecule has 0 bridgehead atoms. The minimum absolute atomic E-state index is 0.397. The number of piperidine rings is 1. The lowest BCUT2D eigenvalue weighted by Crippen LogP contribution is -2.42. The number of nitrogens with zero attached hydrogens (tertiary/aromatic N) is 3. The van der Waals surface area contributed by atoms with Crippen molar-refractivity contribution in [2.45, 2.75) is 51.0 Å². The summed E-state index contributed by atoms with van der Waals surface area (Å²) < 4.78 is 0. The standard InChI is InChI=1S/C15H23N3O/c1-15(2,19)12-5-7-18(8-6-12)14-9-13(11-3-4-11)16-10-17-14/h9-12,19H,3-8H2,1-2H3. The highest BCUT2D eigenvalue weighted by Gasteiger charge is 2.31. The second-order valence-corrected chi connectivity index (χ2v) is 6.49. The monoisotopic (exact) mass is 261 g/mol. The zero-order chi connectivity index (χ0) is 13.5. The van der Waals surface area contributed by atoms with Crippen molar-refractivity contribution in [3.05, 3.63) is 18.1 Å². The van der Waals surface area contributed by atoms with Crippen LogP contribution in [0.15, 0.2) is 12.4 Å². The molecule has 1 aliphatic heterocycles. The molecule has 3 rings (SSSR count). The minimum atomic E-state index is -0.559. The maximum Gasteiger partial charge on any atom is 0.132 e. The molecule has 1 aromatic heterocycles. The summed E-state index contributed by atoms with van der Waals surface area (Å²) in [7, 11) is 0. The van der Waals surface area contributed by atoms with E-state index in [0.29, 0.717) is 11.8 Å². The summed E-state index contributed by atoms with van der Waals surface area (Å²) >= 11 is 0. The highest BCUT2D eigenvalue weighted by molar-refractivity contribution is 5.40. The van der Waals surface area contributed by atoms with Crippen LogP contribution < -0.4 is 4.90 Å². The van der Waals surface area contributed by atoms with Crippen LogP contribution in [0, 0.1) is 5.92 Å². The number of rotatable bonds is 3. The van der Waals surface area contributed by atoms with Crippen molar-refractivity contribution < 1.29 is 5.11 Å². The van der Waals surface area contributed by atoms with Gasteiger partial charge in [-0.2, -0.15) is 0 Å². The Kier molecular flexibility index (Phi) is 3.21. The second kappa shape index (κ2) is 4.75. The molecule has 19 heavy (non-hydrogen) atoms. The van der Waals surface area contributed by atoms with Gasteiger partial charge in [-0.3, -0.25) is 0 Å². The Bertz CT molecular complexity index is 443. The average molecular weight is 261 g/mol. The van der Waals surface area contributed by atoms with Crippen LogP contribution in [0.5, 0.6) is 0 Å². The van der Waals surface area contributed by atoms with Crippen LogP contribution in [-0.2, 0) is 0 Å². The van der Waals surface area contributed by atoms with Gasteiger partial charge in [0.15, 0.2) is 0 Å². The number of anilines is 1. The summed E-state index contributed by atoms with van der Waals surface area (Å²) in [6.07, 6.45) is 6.32. The number of hydrogen-bond acceptors (Lipinski definition) is 4. The first kappa shape index (κ1) is 12.9. The van der Waals surface area contributed by atoms with Gasteiger partial charge in [-0.05, 0) is 45.4 Å². The molecule has 104 valence electrons. The summed E-state index contributed by atoms with van der Waals surface area (Å²) in [6, 6.07) is 2.15. The highest BCUT2D eigenvalue weighted by Crippen LogP contribution is 2.39. The van der Waals surface area contributed by atoms with Crippen molar-refractivity contribution in [1.82, 2.24) is 9.97 Å². The molecule has 0 aromatic carbocycles. The van der Waals surface area contributed by atoms with E-state index in [1.165, 1.54) is 18.5 Å². The molecule has 1 saturated carbocycles. The van der Waals surface area contributed by atoms with Crippen molar-refractivity contribution >= 4 is 5.82 Å². The van der Waals surface area contributed by atoms with Crippen molar-refractivity contribution in [2.24, 2.45) is 5.92 Å². The lowest BCUT2D eigenvalue weighted by atomic mass is 9.83. The normalized spacial score (nSPS) is 21.7. The van der Waals surface area contributed by atoms with Crippen molar-refractivity contribution in [3.8, 4) is 0 Å². The Balaban J connectivity index is 1.66. The van der Waals surface area contributed by atoms with E-state index in [0.717, 1.165) is 31.7 Å². The van der Waals surface area contributed by atoms with Gasteiger partial charge in [0.1, 0.15) is 12.1 Å². The molecule has 1 saturated heterocycles. The van der Waals surface area contributed by atoms with E-state index in [1.807, 2.05) is 13.8 Å². The summed E-state index contributed by atoms with van der Waals surface area (Å²) in [5, 5.41) is 10.1. The SMILES string of the molecule is CC(C)(O)C1CCN(c2cc(C3CC3)ncn2)CC1. The first-order chi connectivity index (χ1) is 9.04. The maximum absolute atomic E-state index is 10.1. The summed E-state index contributed by atoms with van der Waals surface area (Å²) in [5.74, 6) is 2.13. The first-order valence-electron chi connectivity index (χ1n) is 7.33. The fourth-order valence-corrected chi connectivity index (χ4v) is 2.95. The van der Waals surface area contributed by atoms with E-state index in [9.17, 15) is 5.11 Å². The fourth-order valence-electron chi connectivity index (χ4n) is 2.95. The average Bonchev–Trinajstić information content (AvgIpc) is 3.22. The predicted octanol–water partition coefficient (Wildman–Crippen LogP) is 2.34. The Morgan fingerprint density at radius 2 is 1.84 bits per heavy atom. The Morgan fingerprint density at radius 1 is 1.16 bits per heavy atom. The molecule has 1 aliphatic carbocycles. The Morgan fingerprint density at radius 3 is 2.42 bits per heavy atom. The molecular formula is C15H23N3O. The molecule has 2 aliphatic rings. The first-order valence-corrected chi connectivity index (χ1v) is 7.33. The van der Waals surface area contributed by atoms with Gasteiger partial charge in [-0.25, -0.2) is 9.97 Å². The molecular weight excluding hydrogens is 238 g/mol. The smallest absolute Gasteiger partial charge is 0.132 e. The van der Waals surface area contributed by atoms with Crippen LogP contribution in [0.4, 0.5) is 5.82 Å². The fraction of sp³-hybridized carbons (Fsp3) is 0.733. The van der Waals surface area contributed by atoms with Crippen LogP contribution in [-0.4, -0.2) is 33.8 Å². The van der Waals surface area contributed by atoms with Gasteiger partial charge in [-0.15, -0.1) is 0 Å². The molecule has 1 aromatic rings. The number of hydrogen-bond donors (Lipinski definition) is 1. The van der Waals surface area contributed by atoms with Gasteiger partial charge in [0, 0.05) is 30.8 Å². The lowest BCUT2D eigenvalue weighted by Gasteiger charge is -2.38. The van der Waals surface area contributed by atoms with E-state index >= 15 is 0 Å². The Hall–Kier alpha value is -1.16. The van der Waals surface area contributed by atoms with Gasteiger partial charge in [0.2, 0.25) is 0 Å². The van der Waals surface area contributed by atoms with E-state index in [-0.39, 0.29) is 0 Å². The van der Waals surface area contributed by atoms with E-state index in [2.05, 4.69) is 20.9 Å². The summed E-state index contributed by atoms with van der Waals surface area (Å²) in [6.45, 7) is 5.80. The van der Waals surface area contributed by atoms with Crippen LogP contribution in [0.2, 0.25) is 0 Å². The molecule has 4 nitrogen and oxygen atoms in total. The molecule has 0 unspecified atom stereocenters.